The number of aliphatic hydroxyl groups excluding tert-OH is 6. The topological polar surface area (TPSA) is 438 Å². The van der Waals surface area contributed by atoms with Gasteiger partial charge in [-0.1, -0.05) is 66.3 Å². The maximum Gasteiger partial charge on any atom is 0.261 e. The molecule has 7 rings (SSSR count). The third-order valence-electron chi connectivity index (χ3n) is 16.5. The van der Waals surface area contributed by atoms with Crippen molar-refractivity contribution in [1.29, 1.82) is 5.26 Å². The van der Waals surface area contributed by atoms with Crippen molar-refractivity contribution in [3.8, 4) is 45.9 Å². The van der Waals surface area contributed by atoms with Gasteiger partial charge in [-0.15, -0.1) is 0 Å². The Hall–Kier alpha value is -8.00. The number of nitriles is 1. The standard InChI is InChI=1S/C56H69N9O20S.C8H19N/c1-4-5-6-19-81-36-14-12-32(13-15-36)43-24-37(63-82-43)31-8-10-33(11-9-31)50(73)59-38-22-34(67)25-58-54(77)48-49(72)28(2)26-65(48)56(79)47(41(70)17-18-57)62-53(76)46(42(71)20-30-7-16-40(69)44(21-30)83-86-85-84-80)61-52(75)39-23-35(68)27-64(39)55(78)45(29(3)66)60-51(38)74;1-6-9(7(2)3)8(4)5/h7-16,21,24,28-29,34-35,38-39,41-42,45-49,66-72,80H,4-6,17,19-20,22-23,25-27H2,1-3H3,(H,58,77)(H,59,73)(H,60,74)(H,61,75)(H,62,76);7-8H,6H2,1-5H3/t28?,29?,34-,35?,38-,39?,41+,42+,45?,46?,47-,48?,49-;/m0./s1. The summed E-state index contributed by atoms with van der Waals surface area (Å²) in [4.78, 5) is 105. The van der Waals surface area contributed by atoms with Crippen LogP contribution in [0.15, 0.2) is 77.3 Å². The predicted octanol–water partition coefficient (Wildman–Crippen LogP) is 1.63. The summed E-state index contributed by atoms with van der Waals surface area (Å²) in [6, 6.07) is 10.1. The zero-order chi connectivity index (χ0) is 69.8. The zero-order valence-electron chi connectivity index (χ0n) is 54.2. The lowest BCUT2D eigenvalue weighted by molar-refractivity contribution is -0.433. The first-order valence-electron chi connectivity index (χ1n) is 31.5. The molecule has 30 nitrogen and oxygen atoms in total. The number of fused-ring (bicyclic) bond motifs is 2. The molecule has 3 fully saturated rings. The summed E-state index contributed by atoms with van der Waals surface area (Å²) in [7, 11) is 0. The summed E-state index contributed by atoms with van der Waals surface area (Å²) < 4.78 is 20.7. The van der Waals surface area contributed by atoms with Crippen LogP contribution in [0.5, 0.6) is 17.2 Å². The number of unbranched alkanes of at least 4 members (excludes halogenated alkanes) is 2. The van der Waals surface area contributed by atoms with Gasteiger partial charge in [0.2, 0.25) is 35.4 Å². The molecular formula is C64H88N10O20S. The first-order chi connectivity index (χ1) is 45.2. The van der Waals surface area contributed by atoms with E-state index in [-0.39, 0.29) is 35.7 Å². The van der Waals surface area contributed by atoms with E-state index in [1.165, 1.54) is 25.1 Å². The van der Waals surface area contributed by atoms with Crippen molar-refractivity contribution in [2.45, 2.75) is 185 Å². The van der Waals surface area contributed by atoms with E-state index in [9.17, 15) is 74.6 Å². The van der Waals surface area contributed by atoms with Gasteiger partial charge in [0.15, 0.2) is 17.3 Å². The van der Waals surface area contributed by atoms with E-state index in [4.69, 9.17) is 18.7 Å². The minimum Gasteiger partial charge on any atom is -0.504 e. The summed E-state index contributed by atoms with van der Waals surface area (Å²) in [5.74, 6) is -8.55. The number of carbonyl (C=O) groups excluding carboxylic acids is 7. The first kappa shape index (κ1) is 76.0. The van der Waals surface area contributed by atoms with Crippen molar-refractivity contribution in [3.05, 3.63) is 83.9 Å². The number of benzene rings is 3. The molecule has 3 aliphatic rings. The number of β-amino-alcohol motifs (C(OH)–C–C–N with tert-alkyl or cyclic N) is 1. The second kappa shape index (κ2) is 36.2. The number of nitrogens with zero attached hydrogens (tertiary/aromatic N) is 5. The van der Waals surface area contributed by atoms with Gasteiger partial charge in [-0.3, -0.25) is 38.5 Å². The Morgan fingerprint density at radius 1 is 0.789 bits per heavy atom. The van der Waals surface area contributed by atoms with Gasteiger partial charge in [0.25, 0.3) is 18.2 Å². The van der Waals surface area contributed by atoms with E-state index in [1.54, 1.807) is 24.3 Å². The largest absolute Gasteiger partial charge is 0.504 e. The number of nitrogens with one attached hydrogen (secondary N) is 5. The predicted molar refractivity (Wildman–Crippen MR) is 341 cm³/mol. The number of rotatable bonds is 22. The molecule has 7 amide bonds. The van der Waals surface area contributed by atoms with Crippen molar-refractivity contribution in [2.75, 3.05) is 32.8 Å². The molecule has 4 aromatic rings. The molecule has 95 heavy (non-hydrogen) atoms. The fourth-order valence-electron chi connectivity index (χ4n) is 11.5. The van der Waals surface area contributed by atoms with Gasteiger partial charge in [0, 0.05) is 79.7 Å². The maximum absolute atomic E-state index is 14.6. The van der Waals surface area contributed by atoms with Gasteiger partial charge in [-0.25, -0.2) is 5.26 Å². The summed E-state index contributed by atoms with van der Waals surface area (Å²) in [6.45, 7) is 16.0. The molecule has 4 heterocycles. The number of hydrogen-bond donors (Lipinski definition) is 13. The average molecular weight is 1350 g/mol. The van der Waals surface area contributed by atoms with Gasteiger partial charge < -0.3 is 85.6 Å². The van der Waals surface area contributed by atoms with Gasteiger partial charge in [0.05, 0.1) is 55.7 Å². The molecule has 3 saturated heterocycles. The second-order valence-corrected chi connectivity index (χ2v) is 24.6. The van der Waals surface area contributed by atoms with Crippen molar-refractivity contribution in [2.24, 2.45) is 5.92 Å². The molecule has 13 atom stereocenters. The van der Waals surface area contributed by atoms with E-state index in [2.05, 4.69) is 87.6 Å². The van der Waals surface area contributed by atoms with E-state index >= 15 is 0 Å². The number of aromatic nitrogens is 1. The fourth-order valence-corrected chi connectivity index (χ4v) is 11.7. The Morgan fingerprint density at radius 3 is 2.06 bits per heavy atom. The Bertz CT molecular complexity index is 3240. The van der Waals surface area contributed by atoms with Crippen LogP contribution in [0.1, 0.15) is 110 Å². The van der Waals surface area contributed by atoms with Crippen molar-refractivity contribution < 1.29 is 97.4 Å². The molecule has 3 aromatic carbocycles. The average Bonchev–Trinajstić information content (AvgIpc) is 1.70. The molecular weight excluding hydrogens is 1260 g/mol. The second-order valence-electron chi connectivity index (χ2n) is 24.2. The molecule has 7 unspecified atom stereocenters. The van der Waals surface area contributed by atoms with Crippen molar-refractivity contribution >= 4 is 53.7 Å². The maximum atomic E-state index is 14.6. The number of phenols is 1. The highest BCUT2D eigenvalue weighted by Gasteiger charge is 2.50. The lowest BCUT2D eigenvalue weighted by atomic mass is 9.98. The first-order valence-corrected chi connectivity index (χ1v) is 32.1. The minimum atomic E-state index is -2.16. The molecule has 13 N–H and O–H groups in total. The molecule has 0 saturated carbocycles. The van der Waals surface area contributed by atoms with Crippen LogP contribution in [0.4, 0.5) is 0 Å². The van der Waals surface area contributed by atoms with Crippen LogP contribution >= 0.6 is 12.3 Å². The third kappa shape index (κ3) is 20.8. The number of phenolic OH excluding ortho intramolecular Hbond substituents is 1. The van der Waals surface area contributed by atoms with Crippen LogP contribution in [0, 0.1) is 17.2 Å². The van der Waals surface area contributed by atoms with Crippen LogP contribution < -0.4 is 35.5 Å². The zero-order valence-corrected chi connectivity index (χ0v) is 55.0. The number of ether oxygens (including phenoxy) is 1. The smallest absolute Gasteiger partial charge is 0.261 e. The number of aliphatic hydroxyl groups is 6. The highest BCUT2D eigenvalue weighted by molar-refractivity contribution is 7.90. The normalized spacial score (nSPS) is 24.2. The lowest BCUT2D eigenvalue weighted by Crippen LogP contribution is -2.64. The van der Waals surface area contributed by atoms with Crippen LogP contribution in [-0.2, 0) is 44.6 Å². The summed E-state index contributed by atoms with van der Waals surface area (Å²) in [6.07, 6.45) is -10.1. The SMILES string of the molecule is CCCCCOc1ccc(-c2cc(-c3ccc(C(=O)N[C@H]4C[C@H](O)CNC(=O)C5[C@@H](O)C(C)CN5C(=O)[C@H]([C@H](O)CC#N)NC(=O)C([C@H](O)Cc5ccc(O)c(OSOOO)c5)NC(=O)C5CC(O)CN5C(=O)C(C(C)O)NC4=O)cc3)no2)cc1.CCN(C(C)C)C(C)C. The molecule has 0 radical (unpaired) electrons. The molecule has 0 bridgehead atoms. The monoisotopic (exact) mass is 1350 g/mol. The molecule has 1 aromatic heterocycles. The molecule has 520 valence electrons. The van der Waals surface area contributed by atoms with E-state index in [1.807, 2.05) is 24.3 Å². The quantitative estimate of drug-likeness (QED) is 0.0230. The number of hydrogen-bond acceptors (Lipinski definition) is 24. The van der Waals surface area contributed by atoms with Crippen LogP contribution in [0.2, 0.25) is 0 Å². The van der Waals surface area contributed by atoms with Gasteiger partial charge in [0.1, 0.15) is 47.7 Å². The van der Waals surface area contributed by atoms with Gasteiger partial charge in [-0.2, -0.15) is 5.26 Å². The Labute approximate surface area is 554 Å². The molecule has 31 heteroatoms. The minimum absolute atomic E-state index is 0.00231. The summed E-state index contributed by atoms with van der Waals surface area (Å²) >= 11 is 0.0654. The van der Waals surface area contributed by atoms with Gasteiger partial charge >= 0.3 is 0 Å². The number of aromatic hydroxyl groups is 1. The Kier molecular flexibility index (Phi) is 29.0. The van der Waals surface area contributed by atoms with E-state index in [0.717, 1.165) is 60.2 Å². The number of carbonyl (C=O) groups is 7. The molecule has 0 aliphatic carbocycles. The fraction of sp³-hybridized carbons (Fsp3) is 0.547. The van der Waals surface area contributed by atoms with E-state index < -0.39 is 165 Å². The van der Waals surface area contributed by atoms with Crippen molar-refractivity contribution in [1.82, 2.24) is 46.4 Å². The summed E-state index contributed by atoms with van der Waals surface area (Å²) in [5, 5.41) is 116. The number of amides is 7. The molecule has 3 aliphatic heterocycles. The van der Waals surface area contributed by atoms with Crippen LogP contribution in [-0.4, -0.2) is 220 Å². The van der Waals surface area contributed by atoms with Crippen LogP contribution in [0.3, 0.4) is 0 Å². The van der Waals surface area contributed by atoms with E-state index in [0.29, 0.717) is 41.5 Å². The third-order valence-corrected chi connectivity index (χ3v) is 16.9. The lowest BCUT2D eigenvalue weighted by Gasteiger charge is -2.33. The summed E-state index contributed by atoms with van der Waals surface area (Å²) in [5.41, 5.74) is 1.78. The van der Waals surface area contributed by atoms with Crippen molar-refractivity contribution in [3.63, 3.8) is 0 Å². The Morgan fingerprint density at radius 2 is 1.44 bits per heavy atom. The highest BCUT2D eigenvalue weighted by Crippen LogP contribution is 2.32. The molecule has 0 spiro atoms. The highest BCUT2D eigenvalue weighted by atomic mass is 32.2. The van der Waals surface area contributed by atoms with Crippen LogP contribution in [0.25, 0.3) is 22.6 Å². The Balaban J connectivity index is 0.00000147. The van der Waals surface area contributed by atoms with Gasteiger partial charge in [-0.05, 0) is 102 Å².